The highest BCUT2D eigenvalue weighted by Crippen LogP contribution is 2.36. The quantitative estimate of drug-likeness (QED) is 0.538. The number of aryl methyl sites for hydroxylation is 1. The molecular formula is C19H24N5O4S2+. The van der Waals surface area contributed by atoms with Crippen LogP contribution in [0.2, 0.25) is 0 Å². The molecule has 0 radical (unpaired) electrons. The van der Waals surface area contributed by atoms with Crippen molar-refractivity contribution in [2.24, 2.45) is 0 Å². The normalized spacial score (nSPS) is 21.9. The number of ether oxygens (including phenoxy) is 2. The van der Waals surface area contributed by atoms with Gasteiger partial charge in [0.25, 0.3) is 4.90 Å². The Morgan fingerprint density at radius 2 is 2.17 bits per heavy atom. The van der Waals surface area contributed by atoms with E-state index in [2.05, 4.69) is 9.27 Å². The Labute approximate surface area is 181 Å². The van der Waals surface area contributed by atoms with E-state index in [1.807, 2.05) is 11.9 Å². The van der Waals surface area contributed by atoms with E-state index in [0.29, 0.717) is 35.7 Å². The van der Waals surface area contributed by atoms with Gasteiger partial charge in [-0.2, -0.15) is 9.54 Å². The van der Waals surface area contributed by atoms with Crippen molar-refractivity contribution in [1.82, 2.24) is 14.3 Å². The monoisotopic (exact) mass is 450 g/mol. The molecule has 2 aromatic heterocycles. The molecule has 0 spiro atoms. The summed E-state index contributed by atoms with van der Waals surface area (Å²) in [4.78, 5) is 27.3. The Morgan fingerprint density at radius 3 is 2.90 bits per heavy atom. The van der Waals surface area contributed by atoms with Crippen LogP contribution in [-0.4, -0.2) is 76.1 Å². The third-order valence-electron chi connectivity index (χ3n) is 5.79. The molecule has 5 heterocycles. The van der Waals surface area contributed by atoms with Gasteiger partial charge in [-0.25, -0.2) is 14.2 Å². The maximum Gasteiger partial charge on any atom is 0.350 e. The minimum absolute atomic E-state index is 0.180. The second-order valence-electron chi connectivity index (χ2n) is 7.71. The first kappa shape index (κ1) is 20.0. The molecule has 1 unspecified atom stereocenters. The topological polar surface area (TPSA) is 101 Å². The average Bonchev–Trinajstić information content (AvgIpc) is 3.40. The summed E-state index contributed by atoms with van der Waals surface area (Å²) < 4.78 is 25.5. The van der Waals surface area contributed by atoms with E-state index >= 15 is 0 Å². The lowest BCUT2D eigenvalue weighted by molar-refractivity contribution is 0.0237. The maximum absolute atomic E-state index is 12.1. The van der Waals surface area contributed by atoms with Gasteiger partial charge in [0, 0.05) is 38.9 Å². The van der Waals surface area contributed by atoms with E-state index in [-0.39, 0.29) is 12.1 Å². The van der Waals surface area contributed by atoms with Gasteiger partial charge >= 0.3 is 5.97 Å². The van der Waals surface area contributed by atoms with Gasteiger partial charge in [-0.15, -0.1) is 0 Å². The smallest absolute Gasteiger partial charge is 0.350 e. The standard InChI is InChI=1S/C19H24N5O4S2/c1-23(12-3-7-27-8-4-12)17-16-14(5-9-30(16)26)21-19(22-17)24-10-13(11-24)28-18(25)15-2-6-20-29-15/h2,6,12-13,26H,3-5,7-11H2,1H3/q+1. The lowest BCUT2D eigenvalue weighted by atomic mass is 10.1. The van der Waals surface area contributed by atoms with Crippen LogP contribution in [0.5, 0.6) is 0 Å². The first-order chi connectivity index (χ1) is 14.6. The Hall–Kier alpha value is -1.95. The molecule has 11 heteroatoms. The van der Waals surface area contributed by atoms with E-state index in [0.717, 1.165) is 60.4 Å². The SMILES string of the molecule is CN(c1nc(N2CC(OC(=O)c3ccns3)C2)nc2c1[S+](O)CC2)C1CCOCC1. The van der Waals surface area contributed by atoms with Crippen molar-refractivity contribution < 1.29 is 18.8 Å². The van der Waals surface area contributed by atoms with Crippen molar-refractivity contribution in [1.29, 1.82) is 0 Å². The fraction of sp³-hybridized carbons (Fsp3) is 0.579. The fourth-order valence-corrected chi connectivity index (χ4v) is 5.90. The molecule has 0 bridgehead atoms. The van der Waals surface area contributed by atoms with Gasteiger partial charge in [-0.1, -0.05) is 0 Å². The molecule has 3 aliphatic rings. The zero-order chi connectivity index (χ0) is 20.7. The summed E-state index contributed by atoms with van der Waals surface area (Å²) in [7, 11) is 2.05. The highest BCUT2D eigenvalue weighted by atomic mass is 32.2. The van der Waals surface area contributed by atoms with Crippen LogP contribution < -0.4 is 9.80 Å². The molecular weight excluding hydrogens is 426 g/mol. The van der Waals surface area contributed by atoms with Crippen molar-refractivity contribution in [3.8, 4) is 0 Å². The van der Waals surface area contributed by atoms with E-state index < -0.39 is 11.2 Å². The van der Waals surface area contributed by atoms with E-state index in [1.165, 1.54) is 0 Å². The van der Waals surface area contributed by atoms with Crippen LogP contribution in [0.4, 0.5) is 11.8 Å². The molecule has 3 aliphatic heterocycles. The van der Waals surface area contributed by atoms with Crippen molar-refractivity contribution in [3.05, 3.63) is 22.8 Å². The molecule has 1 atom stereocenters. The molecule has 30 heavy (non-hydrogen) atoms. The summed E-state index contributed by atoms with van der Waals surface area (Å²) in [6.45, 7) is 2.63. The minimum atomic E-state index is -0.812. The number of rotatable bonds is 5. The van der Waals surface area contributed by atoms with Crippen molar-refractivity contribution in [2.45, 2.75) is 36.3 Å². The van der Waals surface area contributed by atoms with Crippen LogP contribution >= 0.6 is 11.5 Å². The molecule has 0 saturated carbocycles. The molecule has 0 aromatic carbocycles. The summed E-state index contributed by atoms with van der Waals surface area (Å²) in [6, 6.07) is 2.00. The lowest BCUT2D eigenvalue weighted by Gasteiger charge is -2.39. The van der Waals surface area contributed by atoms with E-state index in [4.69, 9.17) is 19.4 Å². The molecule has 2 saturated heterocycles. The zero-order valence-corrected chi connectivity index (χ0v) is 18.3. The van der Waals surface area contributed by atoms with Crippen molar-refractivity contribution in [2.75, 3.05) is 48.9 Å². The predicted molar refractivity (Wildman–Crippen MR) is 115 cm³/mol. The summed E-state index contributed by atoms with van der Waals surface area (Å²) in [5.74, 6) is 1.85. The molecule has 9 nitrogen and oxygen atoms in total. The second-order valence-corrected chi connectivity index (χ2v) is 10.1. The summed E-state index contributed by atoms with van der Waals surface area (Å²) in [5.41, 5.74) is 0.935. The summed E-state index contributed by atoms with van der Waals surface area (Å²) in [6.07, 6.45) is 4.07. The van der Waals surface area contributed by atoms with Crippen LogP contribution in [0.3, 0.4) is 0 Å². The number of hydrogen-bond donors (Lipinski definition) is 1. The molecule has 5 rings (SSSR count). The molecule has 2 aromatic rings. The Balaban J connectivity index is 1.32. The number of aromatic nitrogens is 3. The van der Waals surface area contributed by atoms with Gasteiger partial charge in [0.15, 0.2) is 22.7 Å². The zero-order valence-electron chi connectivity index (χ0n) is 16.7. The third-order valence-corrected chi connectivity index (χ3v) is 8.00. The average molecular weight is 451 g/mol. The van der Waals surface area contributed by atoms with Gasteiger partial charge in [0.05, 0.1) is 13.1 Å². The number of esters is 1. The molecule has 160 valence electrons. The van der Waals surface area contributed by atoms with Crippen LogP contribution in [0.15, 0.2) is 17.2 Å². The van der Waals surface area contributed by atoms with Crippen LogP contribution in [0, 0.1) is 0 Å². The number of nitrogens with zero attached hydrogens (tertiary/aromatic N) is 5. The number of fused-ring (bicyclic) bond motifs is 1. The van der Waals surface area contributed by atoms with Crippen molar-refractivity contribution >= 4 is 40.4 Å². The van der Waals surface area contributed by atoms with Gasteiger partial charge in [0.2, 0.25) is 5.95 Å². The molecule has 0 amide bonds. The Kier molecular flexibility index (Phi) is 5.52. The molecule has 2 fully saturated rings. The van der Waals surface area contributed by atoms with Gasteiger partial charge in [-0.3, -0.25) is 0 Å². The predicted octanol–water partition coefficient (Wildman–Crippen LogP) is 1.60. The van der Waals surface area contributed by atoms with Gasteiger partial charge in [-0.05, 0) is 30.4 Å². The number of carbonyl (C=O) groups is 1. The van der Waals surface area contributed by atoms with Gasteiger partial charge in [0.1, 0.15) is 16.7 Å². The summed E-state index contributed by atoms with van der Waals surface area (Å²) >= 11 is 0.325. The van der Waals surface area contributed by atoms with Crippen LogP contribution in [-0.2, 0) is 27.1 Å². The van der Waals surface area contributed by atoms with Crippen LogP contribution in [0.25, 0.3) is 0 Å². The lowest BCUT2D eigenvalue weighted by Crippen LogP contribution is -2.54. The molecule has 1 N–H and O–H groups in total. The van der Waals surface area contributed by atoms with Crippen molar-refractivity contribution in [3.63, 3.8) is 0 Å². The largest absolute Gasteiger partial charge is 0.454 e. The Bertz CT molecular complexity index is 916. The minimum Gasteiger partial charge on any atom is -0.454 e. The maximum atomic E-state index is 12.1. The summed E-state index contributed by atoms with van der Waals surface area (Å²) in [5, 5.41) is 0. The number of carbonyl (C=O) groups excluding carboxylic acids is 1. The van der Waals surface area contributed by atoms with E-state index in [9.17, 15) is 9.35 Å². The number of hydrogen-bond acceptors (Lipinski definition) is 10. The van der Waals surface area contributed by atoms with Crippen LogP contribution in [0.1, 0.15) is 28.2 Å². The van der Waals surface area contributed by atoms with E-state index in [1.54, 1.807) is 12.3 Å². The first-order valence-corrected chi connectivity index (χ1v) is 12.2. The number of anilines is 2. The van der Waals surface area contributed by atoms with Gasteiger partial charge < -0.3 is 19.3 Å². The molecule has 0 aliphatic carbocycles. The second kappa shape index (κ2) is 8.29. The first-order valence-electron chi connectivity index (χ1n) is 10.1. The third kappa shape index (κ3) is 3.75. The fourth-order valence-electron chi connectivity index (χ4n) is 4.01. The highest BCUT2D eigenvalue weighted by molar-refractivity contribution is 7.92. The highest BCUT2D eigenvalue weighted by Gasteiger charge is 2.42. The Morgan fingerprint density at radius 1 is 1.37 bits per heavy atom.